The second kappa shape index (κ2) is 3.33. The molecule has 15 heavy (non-hydrogen) atoms. The number of hydrogen-bond acceptors (Lipinski definition) is 1. The summed E-state index contributed by atoms with van der Waals surface area (Å²) in [5, 5.41) is 4.41. The van der Waals surface area contributed by atoms with Crippen molar-refractivity contribution in [2.24, 2.45) is 0 Å². The first-order valence-corrected chi connectivity index (χ1v) is 6.15. The lowest BCUT2D eigenvalue weighted by atomic mass is 9.94. The zero-order chi connectivity index (χ0) is 10.4. The zero-order valence-electron chi connectivity index (χ0n) is 8.50. The second-order valence-corrected chi connectivity index (χ2v) is 5.09. The number of aromatic nitrogens is 2. The number of fused-ring (bicyclic) bond motifs is 3. The average Bonchev–Trinajstić information content (AvgIpc) is 2.61. The zero-order valence-corrected chi connectivity index (χ0v) is 10.7. The number of rotatable bonds is 0. The summed E-state index contributed by atoms with van der Waals surface area (Å²) in [4.78, 5) is 0. The van der Waals surface area contributed by atoms with Crippen LogP contribution in [-0.4, -0.2) is 9.78 Å². The van der Waals surface area contributed by atoms with E-state index in [2.05, 4.69) is 57.5 Å². The lowest BCUT2D eigenvalue weighted by molar-refractivity contribution is 0.606. The molecule has 0 amide bonds. The summed E-state index contributed by atoms with van der Waals surface area (Å²) in [6.07, 6.45) is 3.05. The first-order valence-electron chi connectivity index (χ1n) is 5.07. The lowest BCUT2D eigenvalue weighted by Gasteiger charge is -2.20. The SMILES string of the molecule is Cc1cccc2c1-c1c(I)cnn1CC2. The van der Waals surface area contributed by atoms with Crippen LogP contribution in [0.5, 0.6) is 0 Å². The molecule has 2 nitrogen and oxygen atoms in total. The van der Waals surface area contributed by atoms with E-state index in [0.717, 1.165) is 13.0 Å². The highest BCUT2D eigenvalue weighted by molar-refractivity contribution is 14.1. The molecule has 0 saturated heterocycles. The minimum atomic E-state index is 1.01. The van der Waals surface area contributed by atoms with Gasteiger partial charge in [0.1, 0.15) is 0 Å². The third-order valence-electron chi connectivity index (χ3n) is 2.98. The predicted molar refractivity (Wildman–Crippen MR) is 68.8 cm³/mol. The molecule has 1 aromatic heterocycles. The largest absolute Gasteiger partial charge is 0.263 e. The minimum Gasteiger partial charge on any atom is -0.263 e. The van der Waals surface area contributed by atoms with Crippen LogP contribution >= 0.6 is 22.6 Å². The van der Waals surface area contributed by atoms with Crippen molar-refractivity contribution in [3.05, 3.63) is 39.1 Å². The number of halogens is 1. The third-order valence-corrected chi connectivity index (χ3v) is 3.77. The topological polar surface area (TPSA) is 17.8 Å². The molecule has 0 N–H and O–H groups in total. The summed E-state index contributed by atoms with van der Waals surface area (Å²) >= 11 is 2.37. The Kier molecular flexibility index (Phi) is 2.09. The molecule has 1 aliphatic rings. The highest BCUT2D eigenvalue weighted by Gasteiger charge is 2.20. The van der Waals surface area contributed by atoms with Crippen LogP contribution in [0.15, 0.2) is 24.4 Å². The Hall–Kier alpha value is -0.840. The maximum absolute atomic E-state index is 4.41. The maximum Gasteiger partial charge on any atom is 0.0821 e. The normalized spacial score (nSPS) is 13.5. The van der Waals surface area contributed by atoms with Crippen LogP contribution in [0, 0.1) is 10.5 Å². The van der Waals surface area contributed by atoms with E-state index in [0.29, 0.717) is 0 Å². The Balaban J connectivity index is 2.36. The van der Waals surface area contributed by atoms with Gasteiger partial charge in [0.15, 0.2) is 0 Å². The third kappa shape index (κ3) is 1.33. The lowest BCUT2D eigenvalue weighted by Crippen LogP contribution is -2.13. The first-order chi connectivity index (χ1) is 7.27. The molecular weight excluding hydrogens is 299 g/mol. The molecule has 0 aliphatic carbocycles. The van der Waals surface area contributed by atoms with Gasteiger partial charge in [0.05, 0.1) is 15.5 Å². The number of benzene rings is 1. The van der Waals surface area contributed by atoms with Gasteiger partial charge in [-0.3, -0.25) is 4.68 Å². The van der Waals surface area contributed by atoms with Crippen molar-refractivity contribution in [1.29, 1.82) is 0 Å². The summed E-state index contributed by atoms with van der Waals surface area (Å²) in [6.45, 7) is 3.19. The van der Waals surface area contributed by atoms with E-state index in [1.54, 1.807) is 0 Å². The quantitative estimate of drug-likeness (QED) is 0.684. The number of hydrogen-bond donors (Lipinski definition) is 0. The monoisotopic (exact) mass is 310 g/mol. The van der Waals surface area contributed by atoms with Crippen LogP contribution in [0.3, 0.4) is 0 Å². The predicted octanol–water partition coefficient (Wildman–Crippen LogP) is 3.02. The van der Waals surface area contributed by atoms with Crippen LogP contribution in [0.2, 0.25) is 0 Å². The molecule has 0 spiro atoms. The summed E-state index contributed by atoms with van der Waals surface area (Å²) < 4.78 is 3.37. The molecule has 1 aromatic carbocycles. The molecule has 3 rings (SSSR count). The van der Waals surface area contributed by atoms with Crippen LogP contribution in [0.1, 0.15) is 11.1 Å². The maximum atomic E-state index is 4.41. The van der Waals surface area contributed by atoms with E-state index in [9.17, 15) is 0 Å². The Morgan fingerprint density at radius 2 is 2.27 bits per heavy atom. The molecule has 0 saturated carbocycles. The Bertz CT molecular complexity index is 528. The van der Waals surface area contributed by atoms with Gasteiger partial charge in [0.2, 0.25) is 0 Å². The molecule has 0 radical (unpaired) electrons. The first kappa shape index (κ1) is 9.39. The van der Waals surface area contributed by atoms with E-state index in [4.69, 9.17) is 0 Å². The van der Waals surface area contributed by atoms with E-state index in [-0.39, 0.29) is 0 Å². The molecule has 0 bridgehead atoms. The summed E-state index contributed by atoms with van der Waals surface area (Å²) in [7, 11) is 0. The molecule has 0 unspecified atom stereocenters. The van der Waals surface area contributed by atoms with Gasteiger partial charge in [-0.25, -0.2) is 0 Å². The van der Waals surface area contributed by atoms with Gasteiger partial charge >= 0.3 is 0 Å². The van der Waals surface area contributed by atoms with Crippen molar-refractivity contribution in [2.75, 3.05) is 0 Å². The summed E-state index contributed by atoms with van der Waals surface area (Å²) in [6, 6.07) is 6.56. The van der Waals surface area contributed by atoms with E-state index in [1.807, 2.05) is 6.20 Å². The minimum absolute atomic E-state index is 1.01. The summed E-state index contributed by atoms with van der Waals surface area (Å²) in [5.74, 6) is 0. The number of aryl methyl sites for hydroxylation is 3. The standard InChI is InChI=1S/C12H11IN2/c1-8-3-2-4-9-5-6-15-12(11(8)9)10(13)7-14-15/h2-4,7H,5-6H2,1H3. The van der Waals surface area contributed by atoms with Crippen molar-refractivity contribution in [2.45, 2.75) is 19.9 Å². The van der Waals surface area contributed by atoms with E-state index in [1.165, 1.54) is 26.0 Å². The molecule has 0 atom stereocenters. The molecule has 3 heteroatoms. The summed E-state index contributed by atoms with van der Waals surface area (Å²) in [5.41, 5.74) is 5.51. The van der Waals surface area contributed by atoms with Crippen LogP contribution in [0.25, 0.3) is 11.3 Å². The smallest absolute Gasteiger partial charge is 0.0821 e. The molecule has 76 valence electrons. The fourth-order valence-electron chi connectivity index (χ4n) is 2.28. The van der Waals surface area contributed by atoms with Gasteiger partial charge in [0.25, 0.3) is 0 Å². The van der Waals surface area contributed by atoms with Crippen molar-refractivity contribution in [1.82, 2.24) is 9.78 Å². The van der Waals surface area contributed by atoms with E-state index < -0.39 is 0 Å². The van der Waals surface area contributed by atoms with Crippen LogP contribution in [0.4, 0.5) is 0 Å². The fourth-order valence-corrected chi connectivity index (χ4v) is 2.96. The van der Waals surface area contributed by atoms with Crippen molar-refractivity contribution < 1.29 is 0 Å². The molecular formula is C12H11IN2. The molecule has 2 aromatic rings. The molecule has 2 heterocycles. The highest BCUT2D eigenvalue weighted by Crippen LogP contribution is 2.34. The van der Waals surface area contributed by atoms with E-state index >= 15 is 0 Å². The fraction of sp³-hybridized carbons (Fsp3) is 0.250. The van der Waals surface area contributed by atoms with Crippen molar-refractivity contribution in [3.63, 3.8) is 0 Å². The highest BCUT2D eigenvalue weighted by atomic mass is 127. The molecule has 0 fully saturated rings. The molecule has 1 aliphatic heterocycles. The average molecular weight is 310 g/mol. The Morgan fingerprint density at radius 3 is 3.13 bits per heavy atom. The van der Waals surface area contributed by atoms with Gasteiger partial charge in [0, 0.05) is 12.1 Å². The van der Waals surface area contributed by atoms with Gasteiger partial charge in [-0.05, 0) is 47.1 Å². The van der Waals surface area contributed by atoms with Crippen LogP contribution in [-0.2, 0) is 13.0 Å². The van der Waals surface area contributed by atoms with Gasteiger partial charge < -0.3 is 0 Å². The van der Waals surface area contributed by atoms with Crippen LogP contribution < -0.4 is 0 Å². The Labute approximate surface area is 102 Å². The second-order valence-electron chi connectivity index (χ2n) is 3.92. The Morgan fingerprint density at radius 1 is 1.40 bits per heavy atom. The van der Waals surface area contributed by atoms with Crippen molar-refractivity contribution in [3.8, 4) is 11.3 Å². The van der Waals surface area contributed by atoms with Gasteiger partial charge in [-0.1, -0.05) is 18.2 Å². The van der Waals surface area contributed by atoms with Gasteiger partial charge in [-0.2, -0.15) is 5.10 Å². The number of nitrogens with zero attached hydrogens (tertiary/aromatic N) is 2. The van der Waals surface area contributed by atoms with Crippen molar-refractivity contribution >= 4 is 22.6 Å². The van der Waals surface area contributed by atoms with Gasteiger partial charge in [-0.15, -0.1) is 0 Å².